The normalized spacial score (nSPS) is 17.4. The van der Waals surface area contributed by atoms with E-state index in [2.05, 4.69) is 21.3 Å². The molecule has 0 bridgehead atoms. The van der Waals surface area contributed by atoms with Crippen molar-refractivity contribution >= 4 is 41.4 Å². The first kappa shape index (κ1) is 28.9. The van der Waals surface area contributed by atoms with E-state index < -0.39 is 54.3 Å². The van der Waals surface area contributed by atoms with Crippen LogP contribution >= 0.6 is 11.8 Å². The molecule has 1 aliphatic rings. The third-order valence-electron chi connectivity index (χ3n) is 5.65. The van der Waals surface area contributed by atoms with Crippen LogP contribution in [-0.2, 0) is 30.4 Å². The number of benzene rings is 1. The topological polar surface area (TPSA) is 200 Å². The summed E-state index contributed by atoms with van der Waals surface area (Å²) in [6, 6.07) is 1.63. The first-order valence-corrected chi connectivity index (χ1v) is 12.9. The average molecular weight is 524 g/mol. The van der Waals surface area contributed by atoms with Gasteiger partial charge in [-0.3, -0.25) is 19.2 Å². The fraction of sp³-hybridized carbons (Fsp3) is 0.522. The van der Waals surface area contributed by atoms with Crippen molar-refractivity contribution in [3.05, 3.63) is 29.8 Å². The first-order valence-electron chi connectivity index (χ1n) is 11.5. The molecule has 0 saturated carbocycles. The van der Waals surface area contributed by atoms with Gasteiger partial charge in [-0.15, -0.1) is 0 Å². The van der Waals surface area contributed by atoms with E-state index in [1.165, 1.54) is 36.0 Å². The lowest BCUT2D eigenvalue weighted by Crippen LogP contribution is -2.58. The molecule has 0 radical (unpaired) electrons. The Balaban J connectivity index is 2.10. The lowest BCUT2D eigenvalue weighted by molar-refractivity contribution is -0.142. The molecule has 4 unspecified atom stereocenters. The number of thioether (sulfide) groups is 1. The van der Waals surface area contributed by atoms with E-state index >= 15 is 0 Å². The Labute approximate surface area is 213 Å². The molecule has 2 rings (SSSR count). The van der Waals surface area contributed by atoms with E-state index in [0.717, 1.165) is 6.42 Å². The molecule has 0 aromatic heterocycles. The van der Waals surface area contributed by atoms with Gasteiger partial charge in [0, 0.05) is 6.42 Å². The second kappa shape index (κ2) is 14.3. The van der Waals surface area contributed by atoms with Gasteiger partial charge in [-0.1, -0.05) is 12.1 Å². The number of rotatable bonds is 14. The summed E-state index contributed by atoms with van der Waals surface area (Å²) in [5.41, 5.74) is 5.80. The number of carboxylic acids is 1. The number of hydrogen-bond acceptors (Lipinski definition) is 8. The highest BCUT2D eigenvalue weighted by atomic mass is 32.2. The van der Waals surface area contributed by atoms with Gasteiger partial charge in [-0.2, -0.15) is 11.8 Å². The highest BCUT2D eigenvalue weighted by Crippen LogP contribution is 2.12. The summed E-state index contributed by atoms with van der Waals surface area (Å²) in [5.74, 6) is -3.55. The zero-order valence-electron chi connectivity index (χ0n) is 20.0. The minimum atomic E-state index is -1.44. The van der Waals surface area contributed by atoms with Crippen molar-refractivity contribution in [2.45, 2.75) is 56.3 Å². The predicted molar refractivity (Wildman–Crippen MR) is 133 cm³/mol. The molecular weight excluding hydrogens is 490 g/mol. The molecule has 13 heteroatoms. The van der Waals surface area contributed by atoms with Crippen LogP contribution in [0.1, 0.15) is 31.2 Å². The van der Waals surface area contributed by atoms with E-state index in [9.17, 15) is 34.2 Å². The smallest absolute Gasteiger partial charge is 0.326 e. The Kier molecular flexibility index (Phi) is 11.5. The van der Waals surface area contributed by atoms with Gasteiger partial charge in [-0.05, 0) is 55.5 Å². The Morgan fingerprint density at radius 1 is 1.06 bits per heavy atom. The van der Waals surface area contributed by atoms with Crippen LogP contribution in [0.4, 0.5) is 0 Å². The number of carbonyl (C=O) groups is 5. The fourth-order valence-electron chi connectivity index (χ4n) is 3.71. The summed E-state index contributed by atoms with van der Waals surface area (Å²) in [6.07, 6.45) is 2.96. The zero-order valence-corrected chi connectivity index (χ0v) is 20.8. The van der Waals surface area contributed by atoms with Crippen LogP contribution in [0.5, 0.6) is 5.75 Å². The van der Waals surface area contributed by atoms with Gasteiger partial charge in [0.2, 0.25) is 23.6 Å². The van der Waals surface area contributed by atoms with Gasteiger partial charge in [0.15, 0.2) is 0 Å². The van der Waals surface area contributed by atoms with E-state index in [1.807, 2.05) is 6.26 Å². The van der Waals surface area contributed by atoms with E-state index in [1.54, 1.807) is 0 Å². The third kappa shape index (κ3) is 9.38. The van der Waals surface area contributed by atoms with E-state index in [-0.39, 0.29) is 24.5 Å². The first-order chi connectivity index (χ1) is 17.1. The second-order valence-electron chi connectivity index (χ2n) is 8.49. The Hall–Kier alpha value is -3.32. The minimum absolute atomic E-state index is 0.00530. The molecule has 12 nitrogen and oxygen atoms in total. The molecule has 8 N–H and O–H groups in total. The number of phenolic OH excluding ortho intramolecular Hbond substituents is 1. The van der Waals surface area contributed by atoms with Gasteiger partial charge < -0.3 is 37.2 Å². The van der Waals surface area contributed by atoms with Crippen LogP contribution in [0, 0.1) is 0 Å². The molecule has 36 heavy (non-hydrogen) atoms. The molecule has 0 spiro atoms. The van der Waals surface area contributed by atoms with Crippen molar-refractivity contribution in [3.63, 3.8) is 0 Å². The minimum Gasteiger partial charge on any atom is -0.508 e. The molecule has 4 amide bonds. The molecule has 1 aromatic rings. The van der Waals surface area contributed by atoms with Crippen molar-refractivity contribution in [2.75, 3.05) is 18.6 Å². The van der Waals surface area contributed by atoms with Crippen molar-refractivity contribution < 1.29 is 34.2 Å². The van der Waals surface area contributed by atoms with Crippen molar-refractivity contribution in [3.8, 4) is 5.75 Å². The van der Waals surface area contributed by atoms with Gasteiger partial charge >= 0.3 is 5.97 Å². The van der Waals surface area contributed by atoms with Crippen LogP contribution in [-0.4, -0.2) is 82.5 Å². The molecule has 1 saturated heterocycles. The van der Waals surface area contributed by atoms with Crippen LogP contribution in [0.25, 0.3) is 0 Å². The maximum Gasteiger partial charge on any atom is 0.326 e. The number of carbonyl (C=O) groups excluding carboxylic acids is 4. The Morgan fingerprint density at radius 3 is 2.25 bits per heavy atom. The zero-order chi connectivity index (χ0) is 26.7. The Morgan fingerprint density at radius 2 is 1.69 bits per heavy atom. The Bertz CT molecular complexity index is 937. The van der Waals surface area contributed by atoms with Crippen LogP contribution < -0.4 is 27.0 Å². The third-order valence-corrected chi connectivity index (χ3v) is 6.29. The molecule has 1 aromatic carbocycles. The maximum absolute atomic E-state index is 13.0. The molecule has 1 fully saturated rings. The standard InChI is InChI=1S/C23H33N5O7S/c1-36-10-8-16(26-20(31)15-3-2-9-25-15)21(32)27-17(12-19(24)30)22(33)28-18(23(34)35)11-13-4-6-14(29)7-5-13/h4-7,15-18,25,29H,2-3,8-12H2,1H3,(H2,24,30)(H,26,31)(H,27,32)(H,28,33)(H,34,35). The van der Waals surface area contributed by atoms with Gasteiger partial charge in [0.05, 0.1) is 12.5 Å². The number of primary amides is 1. The van der Waals surface area contributed by atoms with Crippen LogP contribution in [0.3, 0.4) is 0 Å². The average Bonchev–Trinajstić information content (AvgIpc) is 3.37. The summed E-state index contributed by atoms with van der Waals surface area (Å²) in [6.45, 7) is 0.704. The largest absolute Gasteiger partial charge is 0.508 e. The molecule has 198 valence electrons. The SMILES string of the molecule is CSCCC(NC(=O)C1CCCN1)C(=O)NC(CC(N)=O)C(=O)NC(Cc1ccc(O)cc1)C(=O)O. The van der Waals surface area contributed by atoms with Crippen molar-refractivity contribution in [2.24, 2.45) is 5.73 Å². The molecule has 1 aliphatic heterocycles. The number of amides is 4. The predicted octanol–water partition coefficient (Wildman–Crippen LogP) is -1.15. The van der Waals surface area contributed by atoms with Gasteiger partial charge in [0.25, 0.3) is 0 Å². The number of aromatic hydroxyl groups is 1. The van der Waals surface area contributed by atoms with Crippen molar-refractivity contribution in [1.82, 2.24) is 21.3 Å². The molecule has 4 atom stereocenters. The number of hydrogen-bond donors (Lipinski definition) is 7. The highest BCUT2D eigenvalue weighted by molar-refractivity contribution is 7.98. The van der Waals surface area contributed by atoms with Crippen LogP contribution in [0.15, 0.2) is 24.3 Å². The number of carboxylic acid groups (broad SMARTS) is 1. The van der Waals surface area contributed by atoms with Gasteiger partial charge in [-0.25, -0.2) is 4.79 Å². The summed E-state index contributed by atoms with van der Waals surface area (Å²) < 4.78 is 0. The summed E-state index contributed by atoms with van der Waals surface area (Å²) in [7, 11) is 0. The fourth-order valence-corrected chi connectivity index (χ4v) is 4.18. The molecule has 0 aliphatic carbocycles. The van der Waals surface area contributed by atoms with Gasteiger partial charge in [0.1, 0.15) is 23.9 Å². The molecular formula is C23H33N5O7S. The highest BCUT2D eigenvalue weighted by Gasteiger charge is 2.32. The van der Waals surface area contributed by atoms with Crippen LogP contribution in [0.2, 0.25) is 0 Å². The monoisotopic (exact) mass is 523 g/mol. The second-order valence-corrected chi connectivity index (χ2v) is 9.48. The lowest BCUT2D eigenvalue weighted by Gasteiger charge is -2.24. The lowest BCUT2D eigenvalue weighted by atomic mass is 10.0. The summed E-state index contributed by atoms with van der Waals surface area (Å²) in [4.78, 5) is 61.8. The van der Waals surface area contributed by atoms with E-state index in [0.29, 0.717) is 24.3 Å². The summed E-state index contributed by atoms with van der Waals surface area (Å²) in [5, 5.41) is 29.5. The number of phenols is 1. The summed E-state index contributed by atoms with van der Waals surface area (Å²) >= 11 is 1.47. The number of nitrogens with two attached hydrogens (primary N) is 1. The maximum atomic E-state index is 13.0. The molecule has 1 heterocycles. The number of nitrogens with one attached hydrogen (secondary N) is 4. The quantitative estimate of drug-likeness (QED) is 0.157. The number of aliphatic carboxylic acids is 1. The van der Waals surface area contributed by atoms with E-state index in [4.69, 9.17) is 5.73 Å². The van der Waals surface area contributed by atoms with Crippen molar-refractivity contribution in [1.29, 1.82) is 0 Å².